The molecule has 0 radical (unpaired) electrons. The Kier molecular flexibility index (Phi) is 10.2. The molecule has 0 fully saturated rings. The van der Waals surface area contributed by atoms with Crippen molar-refractivity contribution in [3.8, 4) is 11.5 Å². The van der Waals surface area contributed by atoms with E-state index in [-0.39, 0.29) is 36.3 Å². The predicted octanol–water partition coefficient (Wildman–Crippen LogP) is 4.43. The lowest BCUT2D eigenvalue weighted by Crippen LogP contribution is -2.36. The molecule has 0 bridgehead atoms. The van der Waals surface area contributed by atoms with Gasteiger partial charge in [-0.3, -0.25) is 4.99 Å². The van der Waals surface area contributed by atoms with Crippen molar-refractivity contribution < 1.29 is 18.3 Å². The number of hydrogen-bond donors (Lipinski definition) is 2. The van der Waals surface area contributed by atoms with Gasteiger partial charge in [0, 0.05) is 30.7 Å². The molecule has 0 aliphatic heterocycles. The number of aliphatic imine (C=N–C) groups is 1. The van der Waals surface area contributed by atoms with Gasteiger partial charge in [-0.1, -0.05) is 23.7 Å². The molecule has 2 aromatic carbocycles. The van der Waals surface area contributed by atoms with Crippen molar-refractivity contribution >= 4 is 41.5 Å². The first kappa shape index (κ1) is 23.2. The van der Waals surface area contributed by atoms with Crippen molar-refractivity contribution in [1.29, 1.82) is 0 Å². The first-order valence-electron chi connectivity index (χ1n) is 7.82. The van der Waals surface area contributed by atoms with Gasteiger partial charge >= 0.3 is 6.61 Å². The zero-order chi connectivity index (χ0) is 18.9. The molecule has 0 heterocycles. The van der Waals surface area contributed by atoms with Gasteiger partial charge in [0.05, 0.1) is 7.11 Å². The lowest BCUT2D eigenvalue weighted by atomic mass is 10.2. The van der Waals surface area contributed by atoms with E-state index in [9.17, 15) is 8.78 Å². The summed E-state index contributed by atoms with van der Waals surface area (Å²) in [6.07, 6.45) is 0. The fraction of sp³-hybridized carbons (Fsp3) is 0.278. The molecule has 0 unspecified atom stereocenters. The van der Waals surface area contributed by atoms with Crippen LogP contribution in [0.5, 0.6) is 11.5 Å². The number of halogens is 4. The summed E-state index contributed by atoms with van der Waals surface area (Å²) in [6, 6.07) is 12.1. The van der Waals surface area contributed by atoms with E-state index < -0.39 is 6.61 Å². The highest BCUT2D eigenvalue weighted by Gasteiger charge is 2.11. The zero-order valence-corrected chi connectivity index (χ0v) is 17.9. The normalized spacial score (nSPS) is 11.0. The Bertz CT molecular complexity index is 746. The predicted molar refractivity (Wildman–Crippen MR) is 114 cm³/mol. The summed E-state index contributed by atoms with van der Waals surface area (Å²) in [6.45, 7) is -2.13. The van der Waals surface area contributed by atoms with Crippen molar-refractivity contribution in [2.75, 3.05) is 14.2 Å². The number of alkyl halides is 2. The van der Waals surface area contributed by atoms with Crippen molar-refractivity contribution in [3.05, 3.63) is 58.6 Å². The van der Waals surface area contributed by atoms with E-state index in [0.717, 1.165) is 5.56 Å². The van der Waals surface area contributed by atoms with Gasteiger partial charge in [0.25, 0.3) is 0 Å². The van der Waals surface area contributed by atoms with E-state index in [4.69, 9.17) is 16.3 Å². The van der Waals surface area contributed by atoms with Crippen LogP contribution in [0.1, 0.15) is 11.1 Å². The highest BCUT2D eigenvalue weighted by atomic mass is 127. The van der Waals surface area contributed by atoms with E-state index >= 15 is 0 Å². The lowest BCUT2D eigenvalue weighted by Gasteiger charge is -2.15. The molecule has 0 spiro atoms. The Morgan fingerprint density at radius 1 is 1.11 bits per heavy atom. The molecule has 9 heteroatoms. The van der Waals surface area contributed by atoms with Crippen LogP contribution in [0.4, 0.5) is 8.78 Å². The molecule has 2 aromatic rings. The van der Waals surface area contributed by atoms with E-state index in [1.807, 2.05) is 12.1 Å². The van der Waals surface area contributed by atoms with Gasteiger partial charge in [-0.25, -0.2) is 0 Å². The molecule has 2 N–H and O–H groups in total. The zero-order valence-electron chi connectivity index (χ0n) is 14.8. The van der Waals surface area contributed by atoms with Crippen molar-refractivity contribution in [3.63, 3.8) is 0 Å². The highest BCUT2D eigenvalue weighted by molar-refractivity contribution is 14.0. The Balaban J connectivity index is 0.00000364. The summed E-state index contributed by atoms with van der Waals surface area (Å²) >= 11 is 5.86. The highest BCUT2D eigenvalue weighted by Crippen LogP contribution is 2.25. The summed E-state index contributed by atoms with van der Waals surface area (Å²) < 4.78 is 34.8. The van der Waals surface area contributed by atoms with E-state index in [0.29, 0.717) is 28.8 Å². The van der Waals surface area contributed by atoms with Crippen LogP contribution in [0.15, 0.2) is 47.5 Å². The number of methoxy groups -OCH3 is 1. The van der Waals surface area contributed by atoms with Gasteiger partial charge in [-0.05, 0) is 35.9 Å². The Labute approximate surface area is 179 Å². The third kappa shape index (κ3) is 7.76. The molecule has 0 saturated carbocycles. The summed E-state index contributed by atoms with van der Waals surface area (Å²) in [7, 11) is 3.13. The maximum absolute atomic E-state index is 12.6. The number of benzene rings is 2. The Hall–Kier alpha value is -1.81. The maximum atomic E-state index is 12.6. The average Bonchev–Trinajstić information content (AvgIpc) is 2.64. The van der Waals surface area contributed by atoms with E-state index in [1.54, 1.807) is 31.3 Å². The molecule has 27 heavy (non-hydrogen) atoms. The molecule has 0 atom stereocenters. The van der Waals surface area contributed by atoms with Gasteiger partial charge in [0.1, 0.15) is 11.5 Å². The largest absolute Gasteiger partial charge is 0.497 e. The minimum absolute atomic E-state index is 0. The van der Waals surface area contributed by atoms with Crippen molar-refractivity contribution in [2.45, 2.75) is 19.7 Å². The molecular formula is C18H21ClF2IN3O2. The average molecular weight is 512 g/mol. The summed E-state index contributed by atoms with van der Waals surface area (Å²) in [5, 5.41) is 6.87. The third-order valence-electron chi connectivity index (χ3n) is 3.53. The molecule has 0 aliphatic carbocycles. The van der Waals surface area contributed by atoms with Crippen molar-refractivity contribution in [2.24, 2.45) is 4.99 Å². The molecule has 0 saturated heterocycles. The number of guanidine groups is 1. The summed E-state index contributed by atoms with van der Waals surface area (Å²) in [5.74, 6) is 1.15. The van der Waals surface area contributed by atoms with Crippen LogP contribution in [0.25, 0.3) is 0 Å². The fourth-order valence-electron chi connectivity index (χ4n) is 2.22. The minimum Gasteiger partial charge on any atom is -0.497 e. The van der Waals surface area contributed by atoms with Gasteiger partial charge in [0.2, 0.25) is 0 Å². The molecule has 0 aliphatic rings. The van der Waals surface area contributed by atoms with Gasteiger partial charge in [0.15, 0.2) is 5.96 Å². The molecule has 2 rings (SSSR count). The molecule has 0 aromatic heterocycles. The monoisotopic (exact) mass is 511 g/mol. The van der Waals surface area contributed by atoms with Crippen LogP contribution in [0, 0.1) is 0 Å². The van der Waals surface area contributed by atoms with Crippen LogP contribution in [-0.2, 0) is 13.1 Å². The number of ether oxygens (including phenoxy) is 2. The first-order chi connectivity index (χ1) is 12.5. The topological polar surface area (TPSA) is 54.9 Å². The minimum atomic E-state index is -2.90. The fourth-order valence-corrected chi connectivity index (χ4v) is 2.35. The SMILES string of the molecule is CN=C(NCc1ccc(Cl)cc1)NCc1cc(OC)ccc1OC(F)F.I. The number of nitrogens with zero attached hydrogens (tertiary/aromatic N) is 1. The van der Waals surface area contributed by atoms with E-state index in [2.05, 4.69) is 20.4 Å². The standard InChI is InChI=1S/C18H20ClF2N3O2.HI/c1-22-18(23-10-12-3-5-14(19)6-4-12)24-11-13-9-15(25-2)7-8-16(13)26-17(20)21;/h3-9,17H,10-11H2,1-2H3,(H2,22,23,24);1H. The maximum Gasteiger partial charge on any atom is 0.387 e. The second-order valence-corrected chi connectivity index (χ2v) is 5.69. The van der Waals surface area contributed by atoms with Crippen LogP contribution in [0.2, 0.25) is 5.02 Å². The van der Waals surface area contributed by atoms with E-state index in [1.165, 1.54) is 13.2 Å². The number of hydrogen-bond acceptors (Lipinski definition) is 3. The van der Waals surface area contributed by atoms with Gasteiger partial charge < -0.3 is 20.1 Å². The van der Waals surface area contributed by atoms with Crippen LogP contribution >= 0.6 is 35.6 Å². The van der Waals surface area contributed by atoms with Crippen molar-refractivity contribution in [1.82, 2.24) is 10.6 Å². The molecule has 148 valence electrons. The molecule has 5 nitrogen and oxygen atoms in total. The number of nitrogens with one attached hydrogen (secondary N) is 2. The van der Waals surface area contributed by atoms with Crippen LogP contribution in [0.3, 0.4) is 0 Å². The smallest absolute Gasteiger partial charge is 0.387 e. The van der Waals surface area contributed by atoms with Crippen LogP contribution in [-0.4, -0.2) is 26.7 Å². The molecule has 0 amide bonds. The second-order valence-electron chi connectivity index (χ2n) is 5.26. The summed E-state index contributed by atoms with van der Waals surface area (Å²) in [5.41, 5.74) is 1.56. The quantitative estimate of drug-likeness (QED) is 0.328. The summed E-state index contributed by atoms with van der Waals surface area (Å²) in [4.78, 5) is 4.12. The molecular weight excluding hydrogens is 491 g/mol. The Morgan fingerprint density at radius 2 is 1.78 bits per heavy atom. The van der Waals surface area contributed by atoms with Crippen LogP contribution < -0.4 is 20.1 Å². The first-order valence-corrected chi connectivity index (χ1v) is 8.20. The second kappa shape index (κ2) is 11.8. The van der Waals surface area contributed by atoms with Gasteiger partial charge in [-0.2, -0.15) is 8.78 Å². The number of rotatable bonds is 7. The van der Waals surface area contributed by atoms with Gasteiger partial charge in [-0.15, -0.1) is 24.0 Å². The lowest BCUT2D eigenvalue weighted by molar-refractivity contribution is -0.0504. The third-order valence-corrected chi connectivity index (χ3v) is 3.78. The Morgan fingerprint density at radius 3 is 2.37 bits per heavy atom.